The third kappa shape index (κ3) is 4.10. The maximum absolute atomic E-state index is 11.5. The predicted octanol–water partition coefficient (Wildman–Crippen LogP) is 0.917. The van der Waals surface area contributed by atoms with Crippen LogP contribution < -0.4 is 10.6 Å². The van der Waals surface area contributed by atoms with Crippen molar-refractivity contribution in [1.29, 1.82) is 0 Å². The Kier molecular flexibility index (Phi) is 5.22. The van der Waals surface area contributed by atoms with Crippen LogP contribution in [0, 0.1) is 5.41 Å². The van der Waals surface area contributed by atoms with E-state index < -0.39 is 0 Å². The zero-order chi connectivity index (χ0) is 12.0. The van der Waals surface area contributed by atoms with E-state index >= 15 is 0 Å². The molecule has 1 atom stereocenters. The Labute approximate surface area is 98.1 Å². The Balaban J connectivity index is 2.11. The van der Waals surface area contributed by atoms with E-state index in [4.69, 9.17) is 4.74 Å². The smallest absolute Gasteiger partial charge is 0.226 e. The molecular weight excluding hydrogens is 204 g/mol. The van der Waals surface area contributed by atoms with Gasteiger partial charge in [0.25, 0.3) is 0 Å². The molecule has 1 fully saturated rings. The normalized spacial score (nSPS) is 21.1. The summed E-state index contributed by atoms with van der Waals surface area (Å²) in [7, 11) is 1.68. The first-order chi connectivity index (χ1) is 7.56. The monoisotopic (exact) mass is 228 g/mol. The average Bonchev–Trinajstić information content (AvgIpc) is 2.76. The molecule has 4 nitrogen and oxygen atoms in total. The van der Waals surface area contributed by atoms with Crippen LogP contribution in [0.1, 0.15) is 33.1 Å². The Hall–Kier alpha value is -0.610. The van der Waals surface area contributed by atoms with E-state index in [0.717, 1.165) is 19.6 Å². The summed E-state index contributed by atoms with van der Waals surface area (Å²) in [6.07, 6.45) is 3.84. The minimum absolute atomic E-state index is 0.0807. The van der Waals surface area contributed by atoms with E-state index in [-0.39, 0.29) is 11.3 Å². The minimum Gasteiger partial charge on any atom is -0.378 e. The number of nitrogens with one attached hydrogen (secondary N) is 2. The second-order valence-corrected chi connectivity index (χ2v) is 5.06. The van der Waals surface area contributed by atoms with E-state index in [9.17, 15) is 4.79 Å². The second kappa shape index (κ2) is 6.21. The third-order valence-electron chi connectivity index (χ3n) is 3.08. The van der Waals surface area contributed by atoms with Gasteiger partial charge in [-0.25, -0.2) is 0 Å². The third-order valence-corrected chi connectivity index (χ3v) is 3.08. The maximum atomic E-state index is 11.5. The Morgan fingerprint density at radius 1 is 1.50 bits per heavy atom. The van der Waals surface area contributed by atoms with Gasteiger partial charge < -0.3 is 15.4 Å². The zero-order valence-corrected chi connectivity index (χ0v) is 10.6. The molecule has 0 aromatic carbocycles. The maximum Gasteiger partial charge on any atom is 0.226 e. The number of carbonyl (C=O) groups is 1. The summed E-state index contributed by atoms with van der Waals surface area (Å²) in [6, 6.07) is 0. The number of rotatable bonds is 6. The Bertz CT molecular complexity index is 223. The van der Waals surface area contributed by atoms with E-state index in [1.807, 2.05) is 13.8 Å². The van der Waals surface area contributed by atoms with Crippen LogP contribution in [0.25, 0.3) is 0 Å². The lowest BCUT2D eigenvalue weighted by atomic mass is 9.92. The van der Waals surface area contributed by atoms with E-state index in [2.05, 4.69) is 10.6 Å². The van der Waals surface area contributed by atoms with Gasteiger partial charge in [0.05, 0.1) is 11.5 Å². The zero-order valence-electron chi connectivity index (χ0n) is 10.6. The molecule has 0 aromatic heterocycles. The molecule has 0 spiro atoms. The first-order valence-corrected chi connectivity index (χ1v) is 6.11. The standard InChI is InChI=1S/C12H24N2O2/c1-12(2,11(15)13-3)9-14-7-6-10-5-4-8-16-10/h10,14H,4-9H2,1-3H3,(H,13,15). The van der Waals surface area contributed by atoms with Crippen molar-refractivity contribution in [1.82, 2.24) is 10.6 Å². The molecule has 1 unspecified atom stereocenters. The second-order valence-electron chi connectivity index (χ2n) is 5.06. The fourth-order valence-corrected chi connectivity index (χ4v) is 1.95. The fourth-order valence-electron chi connectivity index (χ4n) is 1.95. The van der Waals surface area contributed by atoms with Crippen LogP contribution in [0.15, 0.2) is 0 Å². The van der Waals surface area contributed by atoms with Crippen LogP contribution >= 0.6 is 0 Å². The van der Waals surface area contributed by atoms with Gasteiger partial charge >= 0.3 is 0 Å². The summed E-state index contributed by atoms with van der Waals surface area (Å²) < 4.78 is 5.53. The topological polar surface area (TPSA) is 50.4 Å². The Morgan fingerprint density at radius 3 is 2.81 bits per heavy atom. The van der Waals surface area contributed by atoms with Gasteiger partial charge in [-0.15, -0.1) is 0 Å². The van der Waals surface area contributed by atoms with Crippen molar-refractivity contribution in [2.45, 2.75) is 39.2 Å². The fraction of sp³-hybridized carbons (Fsp3) is 0.917. The lowest BCUT2D eigenvalue weighted by Crippen LogP contribution is -2.42. The molecule has 0 aliphatic carbocycles. The quantitative estimate of drug-likeness (QED) is 0.665. The highest BCUT2D eigenvalue weighted by Gasteiger charge is 2.26. The van der Waals surface area contributed by atoms with Gasteiger partial charge in [-0.05, 0) is 39.7 Å². The molecule has 1 aliphatic heterocycles. The molecule has 1 heterocycles. The van der Waals surface area contributed by atoms with Crippen LogP contribution in [-0.2, 0) is 9.53 Å². The molecule has 1 rings (SSSR count). The van der Waals surface area contributed by atoms with Crippen molar-refractivity contribution in [2.75, 3.05) is 26.7 Å². The van der Waals surface area contributed by atoms with Crippen LogP contribution in [0.4, 0.5) is 0 Å². The van der Waals surface area contributed by atoms with Crippen molar-refractivity contribution in [3.8, 4) is 0 Å². The number of amides is 1. The highest BCUT2D eigenvalue weighted by atomic mass is 16.5. The number of ether oxygens (including phenoxy) is 1. The molecule has 1 amide bonds. The van der Waals surface area contributed by atoms with Crippen molar-refractivity contribution >= 4 is 5.91 Å². The van der Waals surface area contributed by atoms with Crippen molar-refractivity contribution in [3.63, 3.8) is 0 Å². The van der Waals surface area contributed by atoms with Gasteiger partial charge in [0.1, 0.15) is 0 Å². The SMILES string of the molecule is CNC(=O)C(C)(C)CNCCC1CCCO1. The van der Waals surface area contributed by atoms with Gasteiger partial charge in [-0.3, -0.25) is 4.79 Å². The molecule has 0 radical (unpaired) electrons. The number of hydrogen-bond acceptors (Lipinski definition) is 3. The molecule has 0 saturated carbocycles. The molecule has 2 N–H and O–H groups in total. The molecule has 0 bridgehead atoms. The van der Waals surface area contributed by atoms with E-state index in [0.29, 0.717) is 12.6 Å². The van der Waals surface area contributed by atoms with Gasteiger partial charge in [-0.1, -0.05) is 0 Å². The van der Waals surface area contributed by atoms with E-state index in [1.165, 1.54) is 12.8 Å². The summed E-state index contributed by atoms with van der Waals surface area (Å²) in [6.45, 7) is 6.44. The van der Waals surface area contributed by atoms with Gasteiger partial charge in [-0.2, -0.15) is 0 Å². The molecule has 0 aromatic rings. The first kappa shape index (κ1) is 13.5. The van der Waals surface area contributed by atoms with Gasteiger partial charge in [0.2, 0.25) is 5.91 Å². The van der Waals surface area contributed by atoms with Gasteiger partial charge in [0.15, 0.2) is 0 Å². The summed E-state index contributed by atoms with van der Waals surface area (Å²) >= 11 is 0. The lowest BCUT2D eigenvalue weighted by Gasteiger charge is -2.23. The minimum atomic E-state index is -0.342. The average molecular weight is 228 g/mol. The predicted molar refractivity (Wildman–Crippen MR) is 64.3 cm³/mol. The highest BCUT2D eigenvalue weighted by molar-refractivity contribution is 5.81. The summed E-state index contributed by atoms with van der Waals surface area (Å²) in [4.78, 5) is 11.5. The molecule has 16 heavy (non-hydrogen) atoms. The Morgan fingerprint density at radius 2 is 2.25 bits per heavy atom. The lowest BCUT2D eigenvalue weighted by molar-refractivity contribution is -0.128. The van der Waals surface area contributed by atoms with E-state index in [1.54, 1.807) is 7.05 Å². The highest BCUT2D eigenvalue weighted by Crippen LogP contribution is 2.15. The van der Waals surface area contributed by atoms with Gasteiger partial charge in [0, 0.05) is 20.2 Å². The molecule has 1 saturated heterocycles. The van der Waals surface area contributed by atoms with Crippen LogP contribution in [0.2, 0.25) is 0 Å². The molecule has 4 heteroatoms. The number of carbonyl (C=O) groups excluding carboxylic acids is 1. The molecule has 94 valence electrons. The summed E-state index contributed by atoms with van der Waals surface area (Å²) in [5.41, 5.74) is -0.342. The van der Waals surface area contributed by atoms with Crippen LogP contribution in [-0.4, -0.2) is 38.8 Å². The van der Waals surface area contributed by atoms with Crippen LogP contribution in [0.5, 0.6) is 0 Å². The van der Waals surface area contributed by atoms with Crippen molar-refractivity contribution in [2.24, 2.45) is 5.41 Å². The molecule has 1 aliphatic rings. The van der Waals surface area contributed by atoms with Crippen LogP contribution in [0.3, 0.4) is 0 Å². The number of hydrogen-bond donors (Lipinski definition) is 2. The summed E-state index contributed by atoms with van der Waals surface area (Å²) in [5.74, 6) is 0.0807. The van der Waals surface area contributed by atoms with Crippen molar-refractivity contribution < 1.29 is 9.53 Å². The van der Waals surface area contributed by atoms with Crippen molar-refractivity contribution in [3.05, 3.63) is 0 Å². The molecular formula is C12H24N2O2. The first-order valence-electron chi connectivity index (χ1n) is 6.11. The summed E-state index contributed by atoms with van der Waals surface area (Å²) in [5, 5.41) is 6.01. The largest absolute Gasteiger partial charge is 0.378 e.